The summed E-state index contributed by atoms with van der Waals surface area (Å²) in [6.45, 7) is 5.24. The fourth-order valence-electron chi connectivity index (χ4n) is 2.11. The van der Waals surface area contributed by atoms with Gasteiger partial charge in [-0.25, -0.2) is 0 Å². The van der Waals surface area contributed by atoms with Crippen LogP contribution in [-0.4, -0.2) is 11.5 Å². The summed E-state index contributed by atoms with van der Waals surface area (Å²) in [5.41, 5.74) is 3.97. The van der Waals surface area contributed by atoms with Gasteiger partial charge in [-0.3, -0.25) is 4.98 Å². The number of aromatic nitrogens is 1. The lowest BCUT2D eigenvalue weighted by molar-refractivity contribution is 0.549. The summed E-state index contributed by atoms with van der Waals surface area (Å²) in [4.78, 5) is 4.06. The normalized spacial score (nSPS) is 12.3. The first-order valence-electron chi connectivity index (χ1n) is 6.48. The molecule has 0 bridgehead atoms. The number of nitrogens with one attached hydrogen (secondary N) is 1. The Morgan fingerprint density at radius 2 is 1.72 bits per heavy atom. The molecule has 2 nitrogen and oxygen atoms in total. The molecule has 1 aromatic carbocycles. The van der Waals surface area contributed by atoms with Gasteiger partial charge in [0.1, 0.15) is 0 Å². The van der Waals surface area contributed by atoms with E-state index in [0.29, 0.717) is 6.04 Å². The van der Waals surface area contributed by atoms with Gasteiger partial charge in [0.05, 0.1) is 0 Å². The van der Waals surface area contributed by atoms with Gasteiger partial charge in [-0.15, -0.1) is 0 Å². The van der Waals surface area contributed by atoms with Crippen LogP contribution in [0.3, 0.4) is 0 Å². The van der Waals surface area contributed by atoms with Crippen molar-refractivity contribution in [1.82, 2.24) is 10.3 Å². The highest BCUT2D eigenvalue weighted by Crippen LogP contribution is 2.18. The molecule has 1 atom stereocenters. The van der Waals surface area contributed by atoms with E-state index in [-0.39, 0.29) is 0 Å². The van der Waals surface area contributed by atoms with Crippen LogP contribution in [0.2, 0.25) is 0 Å². The van der Waals surface area contributed by atoms with E-state index in [0.717, 1.165) is 13.0 Å². The molecule has 0 aliphatic carbocycles. The minimum absolute atomic E-state index is 0.373. The van der Waals surface area contributed by atoms with Crippen molar-refractivity contribution in [2.45, 2.75) is 26.3 Å². The van der Waals surface area contributed by atoms with Crippen LogP contribution < -0.4 is 5.32 Å². The number of rotatable bonds is 5. The van der Waals surface area contributed by atoms with Gasteiger partial charge < -0.3 is 5.32 Å². The maximum Gasteiger partial charge on any atom is 0.0360 e. The summed E-state index contributed by atoms with van der Waals surface area (Å²) in [6, 6.07) is 13.3. The van der Waals surface area contributed by atoms with Crippen LogP contribution in [0.15, 0.2) is 48.8 Å². The van der Waals surface area contributed by atoms with Gasteiger partial charge in [0.2, 0.25) is 0 Å². The lowest BCUT2D eigenvalue weighted by Gasteiger charge is -2.18. The highest BCUT2D eigenvalue weighted by Gasteiger charge is 2.10. The molecule has 0 spiro atoms. The molecule has 1 aromatic heterocycles. The first kappa shape index (κ1) is 12.8. The van der Waals surface area contributed by atoms with Gasteiger partial charge in [-0.05, 0) is 43.1 Å². The molecule has 0 fully saturated rings. The fraction of sp³-hybridized carbons (Fsp3) is 0.312. The highest BCUT2D eigenvalue weighted by atomic mass is 14.9. The summed E-state index contributed by atoms with van der Waals surface area (Å²) in [5.74, 6) is 0. The molecular formula is C16H20N2. The van der Waals surface area contributed by atoms with E-state index in [1.54, 1.807) is 0 Å². The van der Waals surface area contributed by atoms with Gasteiger partial charge in [-0.2, -0.15) is 0 Å². The van der Waals surface area contributed by atoms with Gasteiger partial charge in [0.15, 0.2) is 0 Å². The summed E-state index contributed by atoms with van der Waals surface area (Å²) in [7, 11) is 0. The monoisotopic (exact) mass is 240 g/mol. The number of hydrogen-bond acceptors (Lipinski definition) is 2. The van der Waals surface area contributed by atoms with Crippen molar-refractivity contribution in [3.05, 3.63) is 65.5 Å². The smallest absolute Gasteiger partial charge is 0.0360 e. The zero-order valence-corrected chi connectivity index (χ0v) is 11.1. The molecule has 2 rings (SSSR count). The van der Waals surface area contributed by atoms with Crippen molar-refractivity contribution < 1.29 is 0 Å². The molecule has 0 saturated heterocycles. The SMILES string of the molecule is CCNC(Cc1ccncc1)c1ccc(C)cc1. The van der Waals surface area contributed by atoms with Crippen molar-refractivity contribution in [2.75, 3.05) is 6.54 Å². The van der Waals surface area contributed by atoms with Crippen LogP contribution in [0.1, 0.15) is 29.7 Å². The van der Waals surface area contributed by atoms with Crippen LogP contribution in [0.25, 0.3) is 0 Å². The lowest BCUT2D eigenvalue weighted by atomic mass is 9.98. The summed E-state index contributed by atoms with van der Waals surface area (Å²) < 4.78 is 0. The predicted octanol–water partition coefficient (Wildman–Crippen LogP) is 3.28. The lowest BCUT2D eigenvalue weighted by Crippen LogP contribution is -2.22. The van der Waals surface area contributed by atoms with E-state index in [1.807, 2.05) is 12.4 Å². The Bertz CT molecular complexity index is 462. The molecule has 1 N–H and O–H groups in total. The Labute approximate surface area is 109 Å². The molecule has 1 heterocycles. The van der Waals surface area contributed by atoms with Crippen molar-refractivity contribution in [1.29, 1.82) is 0 Å². The topological polar surface area (TPSA) is 24.9 Å². The number of benzene rings is 1. The standard InChI is InChI=1S/C16H20N2/c1-3-18-16(12-14-8-10-17-11-9-14)15-6-4-13(2)5-7-15/h4-11,16,18H,3,12H2,1-2H3. The summed E-state index contributed by atoms with van der Waals surface area (Å²) in [6.07, 6.45) is 4.71. The number of likely N-dealkylation sites (N-methyl/N-ethyl adjacent to an activating group) is 1. The van der Waals surface area contributed by atoms with Crippen molar-refractivity contribution in [3.63, 3.8) is 0 Å². The highest BCUT2D eigenvalue weighted by molar-refractivity contribution is 5.26. The van der Waals surface area contributed by atoms with Crippen molar-refractivity contribution in [3.8, 4) is 0 Å². The van der Waals surface area contributed by atoms with E-state index in [2.05, 4.69) is 60.5 Å². The number of nitrogens with zero attached hydrogens (tertiary/aromatic N) is 1. The summed E-state index contributed by atoms with van der Waals surface area (Å²) >= 11 is 0. The van der Waals surface area contributed by atoms with E-state index in [9.17, 15) is 0 Å². The minimum Gasteiger partial charge on any atom is -0.310 e. The predicted molar refractivity (Wildman–Crippen MR) is 75.5 cm³/mol. The molecule has 18 heavy (non-hydrogen) atoms. The summed E-state index contributed by atoms with van der Waals surface area (Å²) in [5, 5.41) is 3.55. The third-order valence-corrected chi connectivity index (χ3v) is 3.12. The second-order valence-corrected chi connectivity index (χ2v) is 4.58. The second-order valence-electron chi connectivity index (χ2n) is 4.58. The third-order valence-electron chi connectivity index (χ3n) is 3.12. The average Bonchev–Trinajstić information content (AvgIpc) is 2.40. The molecule has 0 radical (unpaired) electrons. The Hall–Kier alpha value is -1.67. The van der Waals surface area contributed by atoms with Crippen LogP contribution >= 0.6 is 0 Å². The largest absolute Gasteiger partial charge is 0.310 e. The fourth-order valence-corrected chi connectivity index (χ4v) is 2.11. The van der Waals surface area contributed by atoms with Gasteiger partial charge >= 0.3 is 0 Å². The molecule has 2 aromatic rings. The molecule has 1 unspecified atom stereocenters. The Morgan fingerprint density at radius 1 is 1.06 bits per heavy atom. The van der Waals surface area contributed by atoms with E-state index in [1.165, 1.54) is 16.7 Å². The number of aryl methyl sites for hydroxylation is 1. The first-order chi connectivity index (χ1) is 8.79. The van der Waals surface area contributed by atoms with E-state index >= 15 is 0 Å². The van der Waals surface area contributed by atoms with Gasteiger partial charge in [-0.1, -0.05) is 36.8 Å². The number of pyridine rings is 1. The molecule has 0 aliphatic heterocycles. The Kier molecular flexibility index (Phi) is 4.48. The zero-order valence-electron chi connectivity index (χ0n) is 11.1. The quantitative estimate of drug-likeness (QED) is 0.867. The molecule has 2 heteroatoms. The average molecular weight is 240 g/mol. The molecule has 0 amide bonds. The van der Waals surface area contributed by atoms with Gasteiger partial charge in [0, 0.05) is 18.4 Å². The van der Waals surface area contributed by atoms with E-state index < -0.39 is 0 Å². The molecule has 94 valence electrons. The van der Waals surface area contributed by atoms with Crippen LogP contribution in [0, 0.1) is 6.92 Å². The Balaban J connectivity index is 2.15. The Morgan fingerprint density at radius 3 is 2.33 bits per heavy atom. The van der Waals surface area contributed by atoms with Gasteiger partial charge in [0.25, 0.3) is 0 Å². The minimum atomic E-state index is 0.373. The molecular weight excluding hydrogens is 220 g/mol. The van der Waals surface area contributed by atoms with Crippen LogP contribution in [-0.2, 0) is 6.42 Å². The van der Waals surface area contributed by atoms with Crippen molar-refractivity contribution in [2.24, 2.45) is 0 Å². The van der Waals surface area contributed by atoms with Crippen molar-refractivity contribution >= 4 is 0 Å². The third kappa shape index (κ3) is 3.41. The maximum absolute atomic E-state index is 4.06. The molecule has 0 aliphatic rings. The van der Waals surface area contributed by atoms with E-state index in [4.69, 9.17) is 0 Å². The second kappa shape index (κ2) is 6.31. The molecule has 0 saturated carbocycles. The maximum atomic E-state index is 4.06. The first-order valence-corrected chi connectivity index (χ1v) is 6.48. The van der Waals surface area contributed by atoms with Crippen LogP contribution in [0.5, 0.6) is 0 Å². The zero-order chi connectivity index (χ0) is 12.8. The number of hydrogen-bond donors (Lipinski definition) is 1. The van der Waals surface area contributed by atoms with Crippen LogP contribution in [0.4, 0.5) is 0 Å².